The van der Waals surface area contributed by atoms with E-state index in [4.69, 9.17) is 4.98 Å². The van der Waals surface area contributed by atoms with E-state index < -0.39 is 0 Å². The van der Waals surface area contributed by atoms with E-state index in [9.17, 15) is 0 Å². The van der Waals surface area contributed by atoms with Crippen LogP contribution >= 0.6 is 11.3 Å². The predicted molar refractivity (Wildman–Crippen MR) is 105 cm³/mol. The first-order valence-electron chi connectivity index (χ1n) is 9.11. The molecule has 0 aliphatic carbocycles. The molecule has 0 saturated carbocycles. The molecule has 3 aromatic rings. The highest BCUT2D eigenvalue weighted by Crippen LogP contribution is 2.30. The molecule has 4 rings (SSSR count). The fraction of sp³-hybridized carbons (Fsp3) is 0.400. The molecule has 0 spiro atoms. The van der Waals surface area contributed by atoms with Crippen LogP contribution in [0.3, 0.4) is 0 Å². The predicted octanol–water partition coefficient (Wildman–Crippen LogP) is 3.88. The molecular formula is C20H24N4S. The minimum atomic E-state index is 0.638. The summed E-state index contributed by atoms with van der Waals surface area (Å²) in [5, 5.41) is 4.90. The van der Waals surface area contributed by atoms with E-state index in [2.05, 4.69) is 45.5 Å². The number of piperidine rings is 1. The van der Waals surface area contributed by atoms with Gasteiger partial charge in [-0.05, 0) is 56.0 Å². The van der Waals surface area contributed by atoms with E-state index in [0.717, 1.165) is 31.6 Å². The minimum absolute atomic E-state index is 0.638. The Hall–Kier alpha value is -1.98. The van der Waals surface area contributed by atoms with Gasteiger partial charge in [0.05, 0.1) is 10.2 Å². The number of nitrogens with one attached hydrogen (secondary N) is 1. The molecule has 25 heavy (non-hydrogen) atoms. The number of anilines is 1. The van der Waals surface area contributed by atoms with Crippen molar-refractivity contribution in [2.24, 2.45) is 0 Å². The first kappa shape index (κ1) is 16.5. The summed E-state index contributed by atoms with van der Waals surface area (Å²) in [5.41, 5.74) is 2.45. The van der Waals surface area contributed by atoms with Crippen molar-refractivity contribution in [1.82, 2.24) is 15.3 Å². The third-order valence-electron chi connectivity index (χ3n) is 4.85. The van der Waals surface area contributed by atoms with Gasteiger partial charge in [0.25, 0.3) is 0 Å². The number of hydrogen-bond donors (Lipinski definition) is 1. The summed E-state index contributed by atoms with van der Waals surface area (Å²) in [4.78, 5) is 11.4. The standard InChI is InChI=1S/C20H24N4S/c1-2-8-19-18(7-1)23-20(25-19)24-13-9-17(10-14-24)22-12-4-6-16-5-3-11-21-15-16/h1-3,5,7-8,11,15,17,22H,4,6,9-10,12-14H2. The summed E-state index contributed by atoms with van der Waals surface area (Å²) in [5.74, 6) is 0. The fourth-order valence-electron chi connectivity index (χ4n) is 3.41. The van der Waals surface area contributed by atoms with Crippen molar-refractivity contribution in [3.05, 3.63) is 54.4 Å². The average molecular weight is 353 g/mol. The Bertz CT molecular complexity index is 761. The number of nitrogens with zero attached hydrogens (tertiary/aromatic N) is 3. The van der Waals surface area contributed by atoms with Gasteiger partial charge in [-0.25, -0.2) is 4.98 Å². The van der Waals surface area contributed by atoms with Gasteiger partial charge in [0.1, 0.15) is 0 Å². The van der Waals surface area contributed by atoms with Crippen LogP contribution in [0.1, 0.15) is 24.8 Å². The van der Waals surface area contributed by atoms with E-state index in [1.807, 2.05) is 29.8 Å². The van der Waals surface area contributed by atoms with Gasteiger partial charge in [-0.2, -0.15) is 0 Å². The summed E-state index contributed by atoms with van der Waals surface area (Å²) >= 11 is 1.81. The lowest BCUT2D eigenvalue weighted by molar-refractivity contribution is 0.413. The van der Waals surface area contributed by atoms with Gasteiger partial charge in [0.15, 0.2) is 5.13 Å². The van der Waals surface area contributed by atoms with Gasteiger partial charge >= 0.3 is 0 Å². The molecule has 0 bridgehead atoms. The van der Waals surface area contributed by atoms with Crippen LogP contribution in [0.15, 0.2) is 48.8 Å². The molecule has 1 N–H and O–H groups in total. The van der Waals surface area contributed by atoms with Gasteiger partial charge in [-0.3, -0.25) is 4.98 Å². The number of para-hydroxylation sites is 1. The van der Waals surface area contributed by atoms with Crippen molar-refractivity contribution in [3.63, 3.8) is 0 Å². The van der Waals surface area contributed by atoms with Gasteiger partial charge in [-0.1, -0.05) is 29.5 Å². The second kappa shape index (κ2) is 7.93. The minimum Gasteiger partial charge on any atom is -0.348 e. The second-order valence-corrected chi connectivity index (χ2v) is 7.65. The lowest BCUT2D eigenvalue weighted by Gasteiger charge is -2.32. The Kier molecular flexibility index (Phi) is 5.23. The van der Waals surface area contributed by atoms with E-state index in [0.29, 0.717) is 6.04 Å². The molecule has 5 heteroatoms. The molecule has 1 saturated heterocycles. The van der Waals surface area contributed by atoms with E-state index in [1.165, 1.54) is 34.7 Å². The summed E-state index contributed by atoms with van der Waals surface area (Å²) in [7, 11) is 0. The fourth-order valence-corrected chi connectivity index (χ4v) is 4.43. The number of aryl methyl sites for hydroxylation is 1. The quantitative estimate of drug-likeness (QED) is 0.684. The molecule has 0 radical (unpaired) electrons. The van der Waals surface area contributed by atoms with Gasteiger partial charge in [0.2, 0.25) is 0 Å². The Morgan fingerprint density at radius 3 is 2.80 bits per heavy atom. The number of pyridine rings is 1. The third-order valence-corrected chi connectivity index (χ3v) is 5.94. The lowest BCUT2D eigenvalue weighted by Crippen LogP contribution is -2.42. The van der Waals surface area contributed by atoms with Crippen LogP contribution in [0, 0.1) is 0 Å². The maximum absolute atomic E-state index is 4.79. The zero-order valence-corrected chi connectivity index (χ0v) is 15.2. The number of hydrogen-bond acceptors (Lipinski definition) is 5. The number of fused-ring (bicyclic) bond motifs is 1. The number of benzene rings is 1. The summed E-state index contributed by atoms with van der Waals surface area (Å²) in [6.07, 6.45) is 8.47. The van der Waals surface area contributed by atoms with Crippen LogP contribution in [0.5, 0.6) is 0 Å². The van der Waals surface area contributed by atoms with Gasteiger partial charge in [0, 0.05) is 31.5 Å². The van der Waals surface area contributed by atoms with Crippen molar-refractivity contribution in [1.29, 1.82) is 0 Å². The molecule has 1 aromatic carbocycles. The van der Waals surface area contributed by atoms with Crippen molar-refractivity contribution in [2.45, 2.75) is 31.7 Å². The van der Waals surface area contributed by atoms with Crippen molar-refractivity contribution >= 4 is 26.7 Å². The molecule has 3 heterocycles. The highest BCUT2D eigenvalue weighted by Gasteiger charge is 2.21. The molecular weight excluding hydrogens is 328 g/mol. The smallest absolute Gasteiger partial charge is 0.186 e. The Balaban J connectivity index is 1.21. The van der Waals surface area contributed by atoms with Gasteiger partial charge in [-0.15, -0.1) is 0 Å². The molecule has 0 unspecified atom stereocenters. The monoisotopic (exact) mass is 352 g/mol. The van der Waals surface area contributed by atoms with Crippen LogP contribution in [0.2, 0.25) is 0 Å². The second-order valence-electron chi connectivity index (χ2n) is 6.64. The first-order valence-corrected chi connectivity index (χ1v) is 9.93. The SMILES string of the molecule is c1cncc(CCCNC2CCN(c3nc4ccccc4s3)CC2)c1. The molecule has 1 aliphatic heterocycles. The zero-order valence-electron chi connectivity index (χ0n) is 14.4. The highest BCUT2D eigenvalue weighted by molar-refractivity contribution is 7.22. The van der Waals surface area contributed by atoms with Crippen molar-refractivity contribution in [2.75, 3.05) is 24.5 Å². The van der Waals surface area contributed by atoms with Crippen LogP contribution in [-0.2, 0) is 6.42 Å². The molecule has 1 aliphatic rings. The van der Waals surface area contributed by atoms with Crippen LogP contribution in [0.25, 0.3) is 10.2 Å². The maximum atomic E-state index is 4.79. The van der Waals surface area contributed by atoms with Crippen LogP contribution < -0.4 is 10.2 Å². The molecule has 2 aromatic heterocycles. The maximum Gasteiger partial charge on any atom is 0.186 e. The van der Waals surface area contributed by atoms with E-state index >= 15 is 0 Å². The summed E-state index contributed by atoms with van der Waals surface area (Å²) in [6.45, 7) is 3.28. The number of aromatic nitrogens is 2. The molecule has 4 nitrogen and oxygen atoms in total. The molecule has 0 atom stereocenters. The largest absolute Gasteiger partial charge is 0.348 e. The Morgan fingerprint density at radius 1 is 1.12 bits per heavy atom. The molecule has 130 valence electrons. The normalized spacial score (nSPS) is 15.8. The summed E-state index contributed by atoms with van der Waals surface area (Å²) < 4.78 is 1.29. The zero-order chi connectivity index (χ0) is 16.9. The summed E-state index contributed by atoms with van der Waals surface area (Å²) in [6, 6.07) is 13.2. The molecule has 0 amide bonds. The first-order chi connectivity index (χ1) is 12.4. The number of rotatable bonds is 6. The Morgan fingerprint density at radius 2 is 2.00 bits per heavy atom. The topological polar surface area (TPSA) is 41.1 Å². The average Bonchev–Trinajstić information content (AvgIpc) is 3.11. The van der Waals surface area contributed by atoms with Gasteiger partial charge < -0.3 is 10.2 Å². The van der Waals surface area contributed by atoms with Crippen LogP contribution in [0.4, 0.5) is 5.13 Å². The van der Waals surface area contributed by atoms with E-state index in [1.54, 1.807) is 0 Å². The van der Waals surface area contributed by atoms with E-state index in [-0.39, 0.29) is 0 Å². The van der Waals surface area contributed by atoms with Crippen molar-refractivity contribution in [3.8, 4) is 0 Å². The molecule has 1 fully saturated rings. The highest BCUT2D eigenvalue weighted by atomic mass is 32.1. The van der Waals surface area contributed by atoms with Crippen LogP contribution in [-0.4, -0.2) is 35.6 Å². The lowest BCUT2D eigenvalue weighted by atomic mass is 10.1. The number of thiazole rings is 1. The third kappa shape index (κ3) is 4.17. The van der Waals surface area contributed by atoms with Crippen molar-refractivity contribution < 1.29 is 0 Å². The Labute approximate surface area is 152 Å².